The topological polar surface area (TPSA) is 67.3 Å². The first kappa shape index (κ1) is 13.3. The number of carboxylic acids is 1. The highest BCUT2D eigenvalue weighted by Gasteiger charge is 2.04. The molecule has 0 fully saturated rings. The Kier molecular flexibility index (Phi) is 3.97. The molecule has 0 radical (unpaired) electrons. The number of carbonyl (C=O) groups excluding carboxylic acids is 1. The molecule has 0 aliphatic carbocycles. The van der Waals surface area contributed by atoms with Crippen LogP contribution in [0.5, 0.6) is 0 Å². The highest BCUT2D eigenvalue weighted by Crippen LogP contribution is 2.27. The van der Waals surface area contributed by atoms with E-state index in [0.29, 0.717) is 5.69 Å². The average Bonchev–Trinajstić information content (AvgIpc) is 2.40. The number of ketones is 1. The molecule has 0 saturated carbocycles. The van der Waals surface area contributed by atoms with Gasteiger partial charge in [-0.2, -0.15) is 0 Å². The van der Waals surface area contributed by atoms with Crippen LogP contribution in [0.15, 0.2) is 52.4 Å². The van der Waals surface area contributed by atoms with Crippen molar-refractivity contribution in [2.75, 3.05) is 0 Å². The summed E-state index contributed by atoms with van der Waals surface area (Å²) < 4.78 is 0. The maximum absolute atomic E-state index is 11.1. The summed E-state index contributed by atoms with van der Waals surface area (Å²) in [5.41, 5.74) is 0.694. The lowest BCUT2D eigenvalue weighted by Crippen LogP contribution is -1.95. The van der Waals surface area contributed by atoms with Crippen molar-refractivity contribution < 1.29 is 14.7 Å². The van der Waals surface area contributed by atoms with E-state index in [0.717, 1.165) is 9.79 Å². The van der Waals surface area contributed by atoms with Crippen molar-refractivity contribution in [1.29, 1.82) is 0 Å². The van der Waals surface area contributed by atoms with Crippen molar-refractivity contribution in [2.24, 2.45) is 0 Å². The van der Waals surface area contributed by atoms with Gasteiger partial charge in [0.25, 0.3) is 0 Å². The molecule has 1 heterocycles. The number of hydrogen-bond acceptors (Lipinski definition) is 4. The van der Waals surface area contributed by atoms with Gasteiger partial charge in [0.2, 0.25) is 0 Å². The minimum Gasteiger partial charge on any atom is -0.478 e. The zero-order valence-electron chi connectivity index (χ0n) is 10.2. The summed E-state index contributed by atoms with van der Waals surface area (Å²) in [5.74, 6) is -1.01. The normalized spacial score (nSPS) is 10.2. The monoisotopic (exact) mass is 273 g/mol. The highest BCUT2D eigenvalue weighted by atomic mass is 32.2. The zero-order chi connectivity index (χ0) is 13.8. The molecule has 0 aliphatic rings. The molecule has 0 aliphatic heterocycles. The van der Waals surface area contributed by atoms with E-state index in [1.54, 1.807) is 36.5 Å². The Bertz CT molecular complexity index is 550. The first-order chi connectivity index (χ1) is 9.06. The average molecular weight is 273 g/mol. The first-order valence-electron chi connectivity index (χ1n) is 5.54. The minimum absolute atomic E-state index is 0.0673. The fourth-order valence-corrected chi connectivity index (χ4v) is 2.24. The van der Waals surface area contributed by atoms with E-state index in [-0.39, 0.29) is 11.3 Å². The quantitative estimate of drug-likeness (QED) is 0.867. The molecular weight excluding hydrogens is 262 g/mol. The highest BCUT2D eigenvalue weighted by molar-refractivity contribution is 7.99. The van der Waals surface area contributed by atoms with Crippen LogP contribution in [0.2, 0.25) is 0 Å². The summed E-state index contributed by atoms with van der Waals surface area (Å²) in [4.78, 5) is 27.7. The van der Waals surface area contributed by atoms with Crippen LogP contribution in [0, 0.1) is 0 Å². The minimum atomic E-state index is -0.941. The molecule has 2 rings (SSSR count). The van der Waals surface area contributed by atoms with Gasteiger partial charge >= 0.3 is 5.97 Å². The fraction of sp³-hybridized carbons (Fsp3) is 0.0714. The molecule has 96 valence electrons. The second-order valence-corrected chi connectivity index (χ2v) is 5.01. The third kappa shape index (κ3) is 3.42. The summed E-state index contributed by atoms with van der Waals surface area (Å²) in [6.07, 6.45) is 1.63. The number of hydrogen-bond donors (Lipinski definition) is 1. The number of nitrogens with zero attached hydrogens (tertiary/aromatic N) is 1. The molecule has 1 N–H and O–H groups in total. The Morgan fingerprint density at radius 1 is 1.05 bits per heavy atom. The van der Waals surface area contributed by atoms with Gasteiger partial charge in [-0.1, -0.05) is 11.8 Å². The number of aromatic nitrogens is 1. The van der Waals surface area contributed by atoms with Crippen molar-refractivity contribution in [3.8, 4) is 0 Å². The van der Waals surface area contributed by atoms with Crippen LogP contribution in [-0.2, 0) is 0 Å². The Hall–Kier alpha value is -2.14. The number of benzene rings is 1. The lowest BCUT2D eigenvalue weighted by Gasteiger charge is -2.02. The van der Waals surface area contributed by atoms with Gasteiger partial charge in [0.05, 0.1) is 5.56 Å². The molecule has 1 aromatic carbocycles. The van der Waals surface area contributed by atoms with Crippen molar-refractivity contribution >= 4 is 23.5 Å². The summed E-state index contributed by atoms with van der Waals surface area (Å²) >= 11 is 1.46. The van der Waals surface area contributed by atoms with E-state index in [9.17, 15) is 9.59 Å². The number of aromatic carboxylic acids is 1. The predicted octanol–water partition coefficient (Wildman–Crippen LogP) is 3.13. The third-order valence-electron chi connectivity index (χ3n) is 2.43. The van der Waals surface area contributed by atoms with E-state index in [4.69, 9.17) is 5.11 Å². The maximum atomic E-state index is 11.1. The number of carbonyl (C=O) groups is 2. The Morgan fingerprint density at radius 3 is 2.16 bits per heavy atom. The molecule has 1 aromatic heterocycles. The second kappa shape index (κ2) is 5.67. The van der Waals surface area contributed by atoms with Gasteiger partial charge < -0.3 is 5.11 Å². The standard InChI is InChI=1S/C14H11NO3S/c1-9(16)13-7-6-12(8-15-13)19-11-4-2-10(3-5-11)14(17)18/h2-8H,1H3,(H,17,18). The van der Waals surface area contributed by atoms with Gasteiger partial charge in [-0.15, -0.1) is 0 Å². The summed E-state index contributed by atoms with van der Waals surface area (Å²) in [6, 6.07) is 10.1. The predicted molar refractivity (Wildman–Crippen MR) is 71.8 cm³/mol. The van der Waals surface area contributed by atoms with E-state index in [1.807, 2.05) is 6.07 Å². The fourth-order valence-electron chi connectivity index (χ4n) is 1.45. The molecular formula is C14H11NO3S. The van der Waals surface area contributed by atoms with Gasteiger partial charge in [-0.25, -0.2) is 4.79 Å². The van der Waals surface area contributed by atoms with Crippen LogP contribution in [0.3, 0.4) is 0 Å². The molecule has 0 unspecified atom stereocenters. The van der Waals surface area contributed by atoms with Gasteiger partial charge in [0.1, 0.15) is 5.69 Å². The van der Waals surface area contributed by atoms with Crippen molar-refractivity contribution in [3.63, 3.8) is 0 Å². The van der Waals surface area contributed by atoms with Gasteiger partial charge in [-0.3, -0.25) is 9.78 Å². The molecule has 19 heavy (non-hydrogen) atoms. The molecule has 5 heteroatoms. The number of Topliss-reactive ketones (excluding diaryl/α,β-unsaturated/α-hetero) is 1. The van der Waals surface area contributed by atoms with E-state index >= 15 is 0 Å². The lowest BCUT2D eigenvalue weighted by molar-refractivity contribution is 0.0696. The maximum Gasteiger partial charge on any atom is 0.335 e. The lowest BCUT2D eigenvalue weighted by atomic mass is 10.2. The van der Waals surface area contributed by atoms with Crippen molar-refractivity contribution in [1.82, 2.24) is 4.98 Å². The van der Waals surface area contributed by atoms with Crippen LogP contribution >= 0.6 is 11.8 Å². The van der Waals surface area contributed by atoms with E-state index in [2.05, 4.69) is 4.98 Å². The third-order valence-corrected chi connectivity index (χ3v) is 3.42. The van der Waals surface area contributed by atoms with Gasteiger partial charge in [0, 0.05) is 22.9 Å². The van der Waals surface area contributed by atoms with Crippen LogP contribution in [0.1, 0.15) is 27.8 Å². The molecule has 4 nitrogen and oxygen atoms in total. The van der Waals surface area contributed by atoms with Crippen LogP contribution < -0.4 is 0 Å². The van der Waals surface area contributed by atoms with Gasteiger partial charge in [-0.05, 0) is 36.4 Å². The number of pyridine rings is 1. The Balaban J connectivity index is 2.12. The molecule has 0 amide bonds. The van der Waals surface area contributed by atoms with Crippen molar-refractivity contribution in [3.05, 3.63) is 53.9 Å². The Morgan fingerprint density at radius 2 is 1.68 bits per heavy atom. The molecule has 0 spiro atoms. The SMILES string of the molecule is CC(=O)c1ccc(Sc2ccc(C(=O)O)cc2)cn1. The summed E-state index contributed by atoms with van der Waals surface area (Å²) in [6.45, 7) is 1.47. The largest absolute Gasteiger partial charge is 0.478 e. The van der Waals surface area contributed by atoms with E-state index in [1.165, 1.54) is 18.7 Å². The van der Waals surface area contributed by atoms with Crippen LogP contribution in [0.25, 0.3) is 0 Å². The second-order valence-electron chi connectivity index (χ2n) is 3.87. The smallest absolute Gasteiger partial charge is 0.335 e. The molecule has 0 atom stereocenters. The molecule has 0 saturated heterocycles. The van der Waals surface area contributed by atoms with Gasteiger partial charge in [0.15, 0.2) is 5.78 Å². The number of rotatable bonds is 4. The van der Waals surface area contributed by atoms with Crippen molar-refractivity contribution in [2.45, 2.75) is 16.7 Å². The summed E-state index contributed by atoms with van der Waals surface area (Å²) in [5, 5.41) is 8.80. The summed E-state index contributed by atoms with van der Waals surface area (Å²) in [7, 11) is 0. The van der Waals surface area contributed by atoms with Crippen LogP contribution in [-0.4, -0.2) is 21.8 Å². The molecule has 2 aromatic rings. The first-order valence-corrected chi connectivity index (χ1v) is 6.36. The van der Waals surface area contributed by atoms with Crippen LogP contribution in [0.4, 0.5) is 0 Å². The van der Waals surface area contributed by atoms with E-state index < -0.39 is 5.97 Å². The zero-order valence-corrected chi connectivity index (χ0v) is 11.0. The Labute approximate surface area is 114 Å². The molecule has 0 bridgehead atoms. The number of carboxylic acid groups (broad SMARTS) is 1.